The van der Waals surface area contributed by atoms with Gasteiger partial charge in [-0.15, -0.1) is 0 Å². The number of pyridine rings is 1. The monoisotopic (exact) mass is 177 g/mol. The van der Waals surface area contributed by atoms with E-state index >= 15 is 0 Å². The Morgan fingerprint density at radius 3 is 3.23 bits per heavy atom. The minimum atomic E-state index is -0.552. The summed E-state index contributed by atoms with van der Waals surface area (Å²) in [7, 11) is 0. The van der Waals surface area contributed by atoms with Gasteiger partial charge in [-0.3, -0.25) is 0 Å². The zero-order valence-electron chi connectivity index (χ0n) is 6.40. The topological polar surface area (TPSA) is 77.4 Å². The predicted octanol–water partition coefficient (Wildman–Crippen LogP) is 2.64. The molecule has 6 heteroatoms. The number of nitrogens with one attached hydrogen (secondary N) is 1. The van der Waals surface area contributed by atoms with Crippen molar-refractivity contribution in [2.24, 2.45) is 5.11 Å². The fourth-order valence-corrected chi connectivity index (χ4v) is 1.08. The molecule has 2 heterocycles. The molecule has 0 amide bonds. The first-order valence-electron chi connectivity index (χ1n) is 3.49. The Morgan fingerprint density at radius 2 is 2.46 bits per heavy atom. The second-order valence-corrected chi connectivity index (χ2v) is 2.39. The van der Waals surface area contributed by atoms with Crippen molar-refractivity contribution >= 4 is 16.7 Å². The normalized spacial score (nSPS) is 9.92. The molecule has 0 spiro atoms. The molecule has 0 saturated carbocycles. The number of rotatable bonds is 1. The van der Waals surface area contributed by atoms with Crippen LogP contribution in [-0.4, -0.2) is 9.97 Å². The smallest absolute Gasteiger partial charge is 0.145 e. The van der Waals surface area contributed by atoms with Crippen LogP contribution in [0, 0.1) is 5.82 Å². The Kier molecular flexibility index (Phi) is 1.61. The van der Waals surface area contributed by atoms with E-state index in [2.05, 4.69) is 20.0 Å². The van der Waals surface area contributed by atoms with Gasteiger partial charge in [-0.25, -0.2) is 9.37 Å². The van der Waals surface area contributed by atoms with Gasteiger partial charge in [0.1, 0.15) is 11.5 Å². The molecule has 0 saturated heterocycles. The first-order chi connectivity index (χ1) is 6.33. The maximum Gasteiger partial charge on any atom is 0.145 e. The van der Waals surface area contributed by atoms with Crippen LogP contribution >= 0.6 is 0 Å². The fourth-order valence-electron chi connectivity index (χ4n) is 1.08. The Hall–Kier alpha value is -2.07. The molecule has 2 rings (SSSR count). The summed E-state index contributed by atoms with van der Waals surface area (Å²) in [6.07, 6.45) is 2.76. The Balaban J connectivity index is 2.80. The van der Waals surface area contributed by atoms with Crippen molar-refractivity contribution in [2.45, 2.75) is 0 Å². The molecule has 5 nitrogen and oxygen atoms in total. The summed E-state index contributed by atoms with van der Waals surface area (Å²) in [6, 6.07) is 1.54. The minimum absolute atomic E-state index is 0.0883. The molecule has 0 aromatic carbocycles. The van der Waals surface area contributed by atoms with Crippen molar-refractivity contribution in [2.75, 3.05) is 0 Å². The summed E-state index contributed by atoms with van der Waals surface area (Å²) >= 11 is 0. The molecule has 64 valence electrons. The molecule has 1 N–H and O–H groups in total. The van der Waals surface area contributed by atoms with E-state index in [1.807, 2.05) is 0 Å². The van der Waals surface area contributed by atoms with Crippen molar-refractivity contribution in [3.05, 3.63) is 34.7 Å². The van der Waals surface area contributed by atoms with E-state index in [-0.39, 0.29) is 5.69 Å². The van der Waals surface area contributed by atoms with Crippen LogP contribution in [0.25, 0.3) is 21.5 Å². The highest BCUT2D eigenvalue weighted by Gasteiger charge is 2.06. The molecular weight excluding hydrogens is 173 g/mol. The quantitative estimate of drug-likeness (QED) is 0.405. The van der Waals surface area contributed by atoms with Crippen LogP contribution in [0.5, 0.6) is 0 Å². The van der Waals surface area contributed by atoms with E-state index in [4.69, 9.17) is 5.53 Å². The zero-order chi connectivity index (χ0) is 9.26. The number of aromatic amines is 1. The number of aromatic nitrogens is 2. The van der Waals surface area contributed by atoms with Crippen LogP contribution < -0.4 is 0 Å². The van der Waals surface area contributed by atoms with E-state index in [0.717, 1.165) is 0 Å². The minimum Gasteiger partial charge on any atom is -0.346 e. The first kappa shape index (κ1) is 7.57. The lowest BCUT2D eigenvalue weighted by Crippen LogP contribution is -1.81. The molecule has 0 radical (unpaired) electrons. The van der Waals surface area contributed by atoms with Gasteiger partial charge >= 0.3 is 0 Å². The van der Waals surface area contributed by atoms with Crippen LogP contribution in [0.15, 0.2) is 23.6 Å². The highest BCUT2D eigenvalue weighted by Crippen LogP contribution is 2.23. The molecule has 2 aromatic rings. The number of halogens is 1. The van der Waals surface area contributed by atoms with Crippen molar-refractivity contribution in [3.8, 4) is 0 Å². The summed E-state index contributed by atoms with van der Waals surface area (Å²) in [5.74, 6) is -0.552. The molecule has 0 aliphatic heterocycles. The maximum absolute atomic E-state index is 13.4. The van der Waals surface area contributed by atoms with Crippen LogP contribution in [0.4, 0.5) is 10.1 Å². The molecule has 2 aromatic heterocycles. The van der Waals surface area contributed by atoms with Gasteiger partial charge in [0, 0.05) is 17.3 Å². The van der Waals surface area contributed by atoms with Gasteiger partial charge in [0.05, 0.1) is 11.1 Å². The summed E-state index contributed by atoms with van der Waals surface area (Å²) < 4.78 is 13.4. The average molecular weight is 177 g/mol. The summed E-state index contributed by atoms with van der Waals surface area (Å²) in [5.41, 5.74) is 8.47. The number of nitrogens with zero attached hydrogens (tertiary/aromatic N) is 4. The van der Waals surface area contributed by atoms with Crippen LogP contribution in [0.3, 0.4) is 0 Å². The second-order valence-electron chi connectivity index (χ2n) is 2.39. The molecule has 0 unspecified atom stereocenters. The van der Waals surface area contributed by atoms with Gasteiger partial charge in [-0.1, -0.05) is 5.11 Å². The number of hydrogen-bond acceptors (Lipinski definition) is 2. The van der Waals surface area contributed by atoms with E-state index < -0.39 is 5.82 Å². The molecule has 0 fully saturated rings. The average Bonchev–Trinajstić information content (AvgIpc) is 2.58. The molecule has 0 bridgehead atoms. The lowest BCUT2D eigenvalue weighted by molar-refractivity contribution is 0.640. The lowest BCUT2D eigenvalue weighted by atomic mass is 10.3. The van der Waals surface area contributed by atoms with Crippen molar-refractivity contribution in [1.29, 1.82) is 0 Å². The number of hydrogen-bond donors (Lipinski definition) is 1. The third kappa shape index (κ3) is 1.09. The van der Waals surface area contributed by atoms with Gasteiger partial charge < -0.3 is 4.98 Å². The van der Waals surface area contributed by atoms with Gasteiger partial charge in [0.15, 0.2) is 0 Å². The summed E-state index contributed by atoms with van der Waals surface area (Å²) in [6.45, 7) is 0. The molecular formula is C7H4FN5. The Labute approximate surface area is 71.8 Å². The van der Waals surface area contributed by atoms with Gasteiger partial charge in [0.2, 0.25) is 0 Å². The van der Waals surface area contributed by atoms with Crippen molar-refractivity contribution in [1.82, 2.24) is 9.97 Å². The van der Waals surface area contributed by atoms with E-state index in [1.54, 1.807) is 6.20 Å². The second kappa shape index (κ2) is 2.76. The van der Waals surface area contributed by atoms with Gasteiger partial charge in [-0.05, 0) is 11.6 Å². The number of azide groups is 1. The predicted molar refractivity (Wildman–Crippen MR) is 44.9 cm³/mol. The summed E-state index contributed by atoms with van der Waals surface area (Å²) in [5, 5.41) is 3.49. The SMILES string of the molecule is [N-]=[N+]=Nc1cnc2[nH]ccc2c1F. The maximum atomic E-state index is 13.4. The van der Waals surface area contributed by atoms with Crippen molar-refractivity contribution in [3.63, 3.8) is 0 Å². The largest absolute Gasteiger partial charge is 0.346 e. The number of fused-ring (bicyclic) bond motifs is 1. The molecule has 13 heavy (non-hydrogen) atoms. The molecule has 0 atom stereocenters. The Morgan fingerprint density at radius 1 is 1.62 bits per heavy atom. The number of H-pyrrole nitrogens is 1. The zero-order valence-corrected chi connectivity index (χ0v) is 6.40. The van der Waals surface area contributed by atoms with Crippen molar-refractivity contribution < 1.29 is 4.39 Å². The van der Waals surface area contributed by atoms with E-state index in [1.165, 1.54) is 12.3 Å². The lowest BCUT2D eigenvalue weighted by Gasteiger charge is -1.94. The summed E-state index contributed by atoms with van der Waals surface area (Å²) in [4.78, 5) is 9.10. The van der Waals surface area contributed by atoms with E-state index in [0.29, 0.717) is 11.0 Å². The first-order valence-corrected chi connectivity index (χ1v) is 3.49. The molecule has 0 aliphatic carbocycles. The third-order valence-corrected chi connectivity index (χ3v) is 1.65. The van der Waals surface area contributed by atoms with Crippen LogP contribution in [-0.2, 0) is 0 Å². The Bertz CT molecular complexity index is 497. The standard InChI is InChI=1S/C7H4FN5/c8-6-4-1-2-10-7(4)11-3-5(6)12-13-9/h1-3H,(H,10,11). The molecule has 0 aliphatic rings. The highest BCUT2D eigenvalue weighted by atomic mass is 19.1. The van der Waals surface area contributed by atoms with Gasteiger partial charge in [-0.2, -0.15) is 0 Å². The third-order valence-electron chi connectivity index (χ3n) is 1.65. The van der Waals surface area contributed by atoms with Gasteiger partial charge in [0.25, 0.3) is 0 Å². The van der Waals surface area contributed by atoms with E-state index in [9.17, 15) is 4.39 Å². The van der Waals surface area contributed by atoms with Crippen LogP contribution in [0.2, 0.25) is 0 Å². The fraction of sp³-hybridized carbons (Fsp3) is 0. The highest BCUT2D eigenvalue weighted by molar-refractivity contribution is 5.79. The van der Waals surface area contributed by atoms with Crippen LogP contribution in [0.1, 0.15) is 0 Å².